The summed E-state index contributed by atoms with van der Waals surface area (Å²) in [6.45, 7) is 20.3. The summed E-state index contributed by atoms with van der Waals surface area (Å²) in [5, 5.41) is 7.39. The molecule has 0 saturated carbocycles. The van der Waals surface area contributed by atoms with E-state index in [1.165, 1.54) is 77.2 Å². The van der Waals surface area contributed by atoms with Gasteiger partial charge in [0.25, 0.3) is 0 Å². The molecular formula is C54H54N2. The van der Waals surface area contributed by atoms with Crippen molar-refractivity contribution in [2.24, 2.45) is 0 Å². The average molecular weight is 731 g/mol. The molecule has 2 heteroatoms. The fourth-order valence-electron chi connectivity index (χ4n) is 8.35. The van der Waals surface area contributed by atoms with Crippen molar-refractivity contribution in [3.8, 4) is 0 Å². The second-order valence-corrected chi connectivity index (χ2v) is 17.3. The van der Waals surface area contributed by atoms with Crippen molar-refractivity contribution in [3.63, 3.8) is 0 Å². The van der Waals surface area contributed by atoms with Gasteiger partial charge in [-0.15, -0.1) is 0 Å². The molecular weight excluding hydrogens is 677 g/mol. The van der Waals surface area contributed by atoms with E-state index < -0.39 is 0 Å². The first-order valence-electron chi connectivity index (χ1n) is 20.2. The van der Waals surface area contributed by atoms with Crippen LogP contribution >= 0.6 is 0 Å². The van der Waals surface area contributed by atoms with Crippen LogP contribution in [0.2, 0.25) is 0 Å². The second kappa shape index (κ2) is 14.7. The number of anilines is 6. The molecule has 0 aliphatic carbocycles. The highest BCUT2D eigenvalue weighted by molar-refractivity contribution is 6.24. The van der Waals surface area contributed by atoms with Crippen LogP contribution in [0.4, 0.5) is 34.1 Å². The standard InChI is InChI=1S/C54H54N2/c1-35(2)39-21-25-42(26-22-39)55(44-16-14-15-41(32-44)54(7,8)9)52-33-50-47-18-11-13-20-49(47)53(34-51(50)46-17-10-12-19-48(46)52)56(45-30-37(5)29-38(6)31-45)43-27-23-40(24-28-43)36(3)4/h10-36H,1-9H3. The fourth-order valence-corrected chi connectivity index (χ4v) is 8.35. The largest absolute Gasteiger partial charge is 0.310 e. The van der Waals surface area contributed by atoms with Gasteiger partial charge in [-0.3, -0.25) is 0 Å². The SMILES string of the molecule is Cc1cc(C)cc(N(c2ccc(C(C)C)cc2)c2cc3c4ccccc4c(N(c4ccc(C(C)C)cc4)c4cccc(C(C)(C)C)c4)cc3c3ccccc23)c1. The van der Waals surface area contributed by atoms with Crippen molar-refractivity contribution in [1.29, 1.82) is 0 Å². The number of nitrogens with zero attached hydrogens (tertiary/aromatic N) is 2. The molecule has 0 aromatic heterocycles. The van der Waals surface area contributed by atoms with E-state index in [-0.39, 0.29) is 5.41 Å². The molecule has 0 unspecified atom stereocenters. The second-order valence-electron chi connectivity index (χ2n) is 17.3. The lowest BCUT2D eigenvalue weighted by atomic mass is 9.86. The van der Waals surface area contributed by atoms with E-state index in [4.69, 9.17) is 0 Å². The lowest BCUT2D eigenvalue weighted by Crippen LogP contribution is -2.15. The van der Waals surface area contributed by atoms with Gasteiger partial charge in [0.2, 0.25) is 0 Å². The first kappa shape index (κ1) is 37.1. The molecule has 2 nitrogen and oxygen atoms in total. The van der Waals surface area contributed by atoms with Gasteiger partial charge in [-0.25, -0.2) is 0 Å². The topological polar surface area (TPSA) is 6.48 Å². The Morgan fingerprint density at radius 1 is 0.375 bits per heavy atom. The zero-order chi connectivity index (χ0) is 39.3. The molecule has 0 atom stereocenters. The third kappa shape index (κ3) is 6.94. The predicted molar refractivity (Wildman–Crippen MR) is 245 cm³/mol. The molecule has 0 N–H and O–H groups in total. The molecule has 8 aromatic rings. The summed E-state index contributed by atoms with van der Waals surface area (Å²) in [5.41, 5.74) is 13.5. The Morgan fingerprint density at radius 3 is 1.23 bits per heavy atom. The fraction of sp³-hybridized carbons (Fsp3) is 0.222. The van der Waals surface area contributed by atoms with Gasteiger partial charge in [0, 0.05) is 33.5 Å². The van der Waals surface area contributed by atoms with Crippen LogP contribution in [0.15, 0.2) is 152 Å². The zero-order valence-corrected chi connectivity index (χ0v) is 34.5. The quantitative estimate of drug-likeness (QED) is 0.144. The van der Waals surface area contributed by atoms with Crippen LogP contribution in [0, 0.1) is 13.8 Å². The molecule has 0 aliphatic rings. The van der Waals surface area contributed by atoms with Crippen molar-refractivity contribution >= 4 is 66.4 Å². The summed E-state index contributed by atoms with van der Waals surface area (Å²) in [6, 6.07) is 57.2. The molecule has 0 aliphatic heterocycles. The Morgan fingerprint density at radius 2 is 0.804 bits per heavy atom. The highest BCUT2D eigenvalue weighted by Gasteiger charge is 2.24. The Bertz CT molecular complexity index is 2670. The molecule has 56 heavy (non-hydrogen) atoms. The van der Waals surface area contributed by atoms with Crippen LogP contribution in [0.1, 0.15) is 88.1 Å². The Hall–Kier alpha value is -5.86. The van der Waals surface area contributed by atoms with Crippen LogP contribution in [-0.4, -0.2) is 0 Å². The van der Waals surface area contributed by atoms with Crippen molar-refractivity contribution in [2.75, 3.05) is 9.80 Å². The van der Waals surface area contributed by atoms with Crippen molar-refractivity contribution in [2.45, 2.75) is 79.6 Å². The van der Waals surface area contributed by atoms with Crippen LogP contribution in [0.5, 0.6) is 0 Å². The predicted octanol–water partition coefficient (Wildman–Crippen LogP) is 16.2. The van der Waals surface area contributed by atoms with E-state index >= 15 is 0 Å². The molecule has 0 amide bonds. The molecule has 8 rings (SSSR count). The maximum atomic E-state index is 2.47. The molecule has 0 saturated heterocycles. The number of rotatable bonds is 8. The number of hydrogen-bond acceptors (Lipinski definition) is 2. The van der Waals surface area contributed by atoms with Crippen LogP contribution < -0.4 is 9.80 Å². The Labute approximate surface area is 334 Å². The number of benzene rings is 8. The number of hydrogen-bond donors (Lipinski definition) is 0. The molecule has 0 radical (unpaired) electrons. The first-order valence-corrected chi connectivity index (χ1v) is 20.2. The molecule has 0 heterocycles. The van der Waals surface area contributed by atoms with E-state index in [2.05, 4.69) is 224 Å². The summed E-state index contributed by atoms with van der Waals surface area (Å²) in [7, 11) is 0. The monoisotopic (exact) mass is 730 g/mol. The van der Waals surface area contributed by atoms with E-state index in [1.54, 1.807) is 0 Å². The Kier molecular flexibility index (Phi) is 9.71. The lowest BCUT2D eigenvalue weighted by Gasteiger charge is -2.31. The van der Waals surface area contributed by atoms with Gasteiger partial charge in [-0.1, -0.05) is 139 Å². The molecule has 0 bridgehead atoms. The van der Waals surface area contributed by atoms with Gasteiger partial charge in [0.05, 0.1) is 11.4 Å². The maximum absolute atomic E-state index is 2.47. The number of aryl methyl sites for hydroxylation is 2. The normalized spacial score (nSPS) is 12.0. The summed E-state index contributed by atoms with van der Waals surface area (Å²) in [6.07, 6.45) is 0. The first-order chi connectivity index (χ1) is 26.9. The summed E-state index contributed by atoms with van der Waals surface area (Å²) >= 11 is 0. The van der Waals surface area contributed by atoms with Crippen molar-refractivity contribution < 1.29 is 0 Å². The highest BCUT2D eigenvalue weighted by atomic mass is 15.2. The van der Waals surface area contributed by atoms with Crippen molar-refractivity contribution in [1.82, 2.24) is 0 Å². The van der Waals surface area contributed by atoms with E-state index in [9.17, 15) is 0 Å². The van der Waals surface area contributed by atoms with Gasteiger partial charge in [0.15, 0.2) is 0 Å². The number of fused-ring (bicyclic) bond motifs is 5. The van der Waals surface area contributed by atoms with Crippen LogP contribution in [-0.2, 0) is 5.41 Å². The molecule has 0 spiro atoms. The summed E-state index contributed by atoms with van der Waals surface area (Å²) in [4.78, 5) is 4.94. The van der Waals surface area contributed by atoms with Gasteiger partial charge < -0.3 is 9.80 Å². The zero-order valence-electron chi connectivity index (χ0n) is 34.5. The minimum Gasteiger partial charge on any atom is -0.310 e. The van der Waals surface area contributed by atoms with Gasteiger partial charge in [-0.2, -0.15) is 0 Å². The lowest BCUT2D eigenvalue weighted by molar-refractivity contribution is 0.590. The summed E-state index contributed by atoms with van der Waals surface area (Å²) < 4.78 is 0. The van der Waals surface area contributed by atoms with Gasteiger partial charge in [0.1, 0.15) is 0 Å². The average Bonchev–Trinajstić information content (AvgIpc) is 3.18. The minimum atomic E-state index is 0.0120. The van der Waals surface area contributed by atoms with Gasteiger partial charge in [-0.05, 0) is 141 Å². The maximum Gasteiger partial charge on any atom is 0.0546 e. The highest BCUT2D eigenvalue weighted by Crippen LogP contribution is 2.48. The minimum absolute atomic E-state index is 0.0120. The smallest absolute Gasteiger partial charge is 0.0546 e. The molecule has 0 fully saturated rings. The van der Waals surface area contributed by atoms with E-state index in [0.29, 0.717) is 11.8 Å². The summed E-state index contributed by atoms with van der Waals surface area (Å²) in [5.74, 6) is 0.921. The molecule has 8 aromatic carbocycles. The Balaban J connectivity index is 1.44. The third-order valence-electron chi connectivity index (χ3n) is 11.4. The van der Waals surface area contributed by atoms with Gasteiger partial charge >= 0.3 is 0 Å². The van der Waals surface area contributed by atoms with E-state index in [0.717, 1.165) is 17.1 Å². The van der Waals surface area contributed by atoms with Crippen molar-refractivity contribution in [3.05, 3.63) is 179 Å². The molecule has 280 valence electrons. The van der Waals surface area contributed by atoms with Crippen LogP contribution in [0.3, 0.4) is 0 Å². The third-order valence-corrected chi connectivity index (χ3v) is 11.4. The van der Waals surface area contributed by atoms with E-state index in [1.807, 2.05) is 0 Å². The van der Waals surface area contributed by atoms with Crippen LogP contribution in [0.25, 0.3) is 32.3 Å².